The van der Waals surface area contributed by atoms with Gasteiger partial charge >= 0.3 is 0 Å². The number of amides is 1. The van der Waals surface area contributed by atoms with Gasteiger partial charge < -0.3 is 11.1 Å². The van der Waals surface area contributed by atoms with Crippen LogP contribution in [-0.2, 0) is 11.3 Å². The van der Waals surface area contributed by atoms with Gasteiger partial charge in [-0.05, 0) is 45.1 Å². The van der Waals surface area contributed by atoms with Crippen LogP contribution in [0.5, 0.6) is 0 Å². The minimum atomic E-state index is 0.175. The van der Waals surface area contributed by atoms with Crippen LogP contribution in [0.2, 0.25) is 0 Å². The van der Waals surface area contributed by atoms with Crippen molar-refractivity contribution in [3.8, 4) is 0 Å². The molecule has 3 N–H and O–H groups in total. The molecule has 1 saturated carbocycles. The largest absolute Gasteiger partial charge is 0.349 e. The van der Waals surface area contributed by atoms with Crippen molar-refractivity contribution in [1.29, 1.82) is 0 Å². The molecule has 1 fully saturated rings. The number of thiazole rings is 1. The molecule has 18 heavy (non-hydrogen) atoms. The molecule has 1 aromatic heterocycles. The van der Waals surface area contributed by atoms with Crippen LogP contribution in [0.4, 0.5) is 0 Å². The lowest BCUT2D eigenvalue weighted by Crippen LogP contribution is -2.33. The Morgan fingerprint density at radius 2 is 2.22 bits per heavy atom. The molecule has 0 aliphatic heterocycles. The third-order valence-corrected chi connectivity index (χ3v) is 4.55. The van der Waals surface area contributed by atoms with Crippen LogP contribution in [0.3, 0.4) is 0 Å². The lowest BCUT2D eigenvalue weighted by Gasteiger charge is -2.26. The van der Waals surface area contributed by atoms with Gasteiger partial charge in [0.15, 0.2) is 0 Å². The number of rotatable bonds is 4. The van der Waals surface area contributed by atoms with E-state index in [4.69, 9.17) is 5.73 Å². The second kappa shape index (κ2) is 6.29. The molecule has 1 aliphatic rings. The third-order valence-electron chi connectivity index (χ3n) is 3.63. The van der Waals surface area contributed by atoms with Crippen LogP contribution in [0.1, 0.15) is 35.6 Å². The Bertz CT molecular complexity index is 397. The number of nitrogens with zero attached hydrogens (tertiary/aromatic N) is 1. The summed E-state index contributed by atoms with van der Waals surface area (Å²) in [6, 6.07) is 0. The van der Waals surface area contributed by atoms with Gasteiger partial charge in [0.2, 0.25) is 5.91 Å². The molecule has 5 heteroatoms. The SMILES string of the molecule is Cc1cnc(CNC(=O)C2CCC(CN)CC2)s1. The lowest BCUT2D eigenvalue weighted by molar-refractivity contribution is -0.126. The van der Waals surface area contributed by atoms with Crippen molar-refractivity contribution in [2.45, 2.75) is 39.2 Å². The van der Waals surface area contributed by atoms with Crippen molar-refractivity contribution in [3.05, 3.63) is 16.1 Å². The van der Waals surface area contributed by atoms with E-state index in [9.17, 15) is 4.79 Å². The van der Waals surface area contributed by atoms with Crippen LogP contribution >= 0.6 is 11.3 Å². The molecule has 0 radical (unpaired) electrons. The zero-order chi connectivity index (χ0) is 13.0. The molecular formula is C13H21N3OS. The number of nitrogens with one attached hydrogen (secondary N) is 1. The van der Waals surface area contributed by atoms with E-state index in [1.807, 2.05) is 13.1 Å². The van der Waals surface area contributed by atoms with Gasteiger partial charge in [0.1, 0.15) is 5.01 Å². The fraction of sp³-hybridized carbons (Fsp3) is 0.692. The fourth-order valence-electron chi connectivity index (χ4n) is 2.45. The number of nitrogens with two attached hydrogens (primary N) is 1. The highest BCUT2D eigenvalue weighted by Crippen LogP contribution is 2.28. The number of carbonyl (C=O) groups excluding carboxylic acids is 1. The molecule has 4 nitrogen and oxygen atoms in total. The Hall–Kier alpha value is -0.940. The summed E-state index contributed by atoms with van der Waals surface area (Å²) in [4.78, 5) is 17.4. The summed E-state index contributed by atoms with van der Waals surface area (Å²) >= 11 is 1.64. The maximum Gasteiger partial charge on any atom is 0.223 e. The standard InChI is InChI=1S/C13H21N3OS/c1-9-7-15-12(18-9)8-16-13(17)11-4-2-10(6-14)3-5-11/h7,10-11H,2-6,8,14H2,1H3,(H,16,17). The monoisotopic (exact) mass is 267 g/mol. The first kappa shape index (κ1) is 13.5. The van der Waals surface area contributed by atoms with Crippen LogP contribution < -0.4 is 11.1 Å². The molecule has 1 aliphatic carbocycles. The van der Waals surface area contributed by atoms with Gasteiger partial charge in [0, 0.05) is 17.0 Å². The predicted octanol–water partition coefficient (Wildman–Crippen LogP) is 1.83. The van der Waals surface area contributed by atoms with Gasteiger partial charge in [-0.15, -0.1) is 11.3 Å². The highest BCUT2D eigenvalue weighted by molar-refractivity contribution is 7.11. The van der Waals surface area contributed by atoms with Gasteiger partial charge in [0.05, 0.1) is 6.54 Å². The van der Waals surface area contributed by atoms with E-state index in [-0.39, 0.29) is 11.8 Å². The summed E-state index contributed by atoms with van der Waals surface area (Å²) in [5, 5.41) is 3.98. The molecule has 0 saturated heterocycles. The number of aromatic nitrogens is 1. The Kier molecular flexibility index (Phi) is 4.72. The first-order valence-corrected chi connectivity index (χ1v) is 7.39. The van der Waals surface area contributed by atoms with Crippen molar-refractivity contribution < 1.29 is 4.79 Å². The second-order valence-electron chi connectivity index (χ2n) is 5.04. The van der Waals surface area contributed by atoms with Crippen molar-refractivity contribution >= 4 is 17.2 Å². The normalized spacial score (nSPS) is 23.9. The molecule has 1 amide bonds. The Balaban J connectivity index is 1.75. The van der Waals surface area contributed by atoms with E-state index in [0.29, 0.717) is 12.5 Å². The maximum atomic E-state index is 12.0. The molecule has 0 unspecified atom stereocenters. The molecule has 1 aromatic rings. The fourth-order valence-corrected chi connectivity index (χ4v) is 3.18. The van der Waals surface area contributed by atoms with Crippen LogP contribution in [0.15, 0.2) is 6.20 Å². The summed E-state index contributed by atoms with van der Waals surface area (Å²) in [6.45, 7) is 3.35. The summed E-state index contributed by atoms with van der Waals surface area (Å²) < 4.78 is 0. The second-order valence-corrected chi connectivity index (χ2v) is 6.36. The number of carbonyl (C=O) groups is 1. The zero-order valence-corrected chi connectivity index (χ0v) is 11.6. The van der Waals surface area contributed by atoms with Crippen molar-refractivity contribution in [3.63, 3.8) is 0 Å². The molecule has 2 rings (SSSR count). The number of aryl methyl sites for hydroxylation is 1. The first-order valence-electron chi connectivity index (χ1n) is 6.58. The molecule has 100 valence electrons. The van der Waals surface area contributed by atoms with Crippen molar-refractivity contribution in [2.24, 2.45) is 17.6 Å². The third kappa shape index (κ3) is 3.53. The van der Waals surface area contributed by atoms with E-state index in [2.05, 4.69) is 10.3 Å². The molecule has 0 spiro atoms. The average Bonchev–Trinajstić information content (AvgIpc) is 2.82. The molecule has 0 atom stereocenters. The molecular weight excluding hydrogens is 246 g/mol. The van der Waals surface area contributed by atoms with E-state index < -0.39 is 0 Å². The predicted molar refractivity (Wildman–Crippen MR) is 73.2 cm³/mol. The summed E-state index contributed by atoms with van der Waals surface area (Å²) in [7, 11) is 0. The topological polar surface area (TPSA) is 68.0 Å². The van der Waals surface area contributed by atoms with Crippen LogP contribution in [0.25, 0.3) is 0 Å². The average molecular weight is 267 g/mol. The Morgan fingerprint density at radius 3 is 2.78 bits per heavy atom. The van der Waals surface area contributed by atoms with E-state index >= 15 is 0 Å². The van der Waals surface area contributed by atoms with E-state index in [0.717, 1.165) is 37.2 Å². The van der Waals surface area contributed by atoms with Gasteiger partial charge in [0.25, 0.3) is 0 Å². The van der Waals surface area contributed by atoms with Crippen LogP contribution in [0, 0.1) is 18.8 Å². The van der Waals surface area contributed by atoms with E-state index in [1.54, 1.807) is 11.3 Å². The van der Waals surface area contributed by atoms with E-state index in [1.165, 1.54) is 4.88 Å². The molecule has 0 aromatic carbocycles. The van der Waals surface area contributed by atoms with Crippen molar-refractivity contribution in [1.82, 2.24) is 10.3 Å². The quantitative estimate of drug-likeness (QED) is 0.874. The summed E-state index contributed by atoms with van der Waals surface area (Å²) in [5.74, 6) is 0.975. The van der Waals surface area contributed by atoms with Gasteiger partial charge in [-0.25, -0.2) is 4.98 Å². The van der Waals surface area contributed by atoms with Gasteiger partial charge in [-0.3, -0.25) is 4.79 Å². The zero-order valence-electron chi connectivity index (χ0n) is 10.8. The summed E-state index contributed by atoms with van der Waals surface area (Å²) in [6.07, 6.45) is 5.98. The van der Waals surface area contributed by atoms with Gasteiger partial charge in [-0.2, -0.15) is 0 Å². The highest BCUT2D eigenvalue weighted by atomic mass is 32.1. The molecule has 0 bridgehead atoms. The number of hydrogen-bond donors (Lipinski definition) is 2. The number of hydrogen-bond acceptors (Lipinski definition) is 4. The summed E-state index contributed by atoms with van der Waals surface area (Å²) in [5.41, 5.74) is 5.65. The first-order chi connectivity index (χ1) is 8.69. The highest BCUT2D eigenvalue weighted by Gasteiger charge is 2.25. The lowest BCUT2D eigenvalue weighted by atomic mass is 9.81. The van der Waals surface area contributed by atoms with Gasteiger partial charge in [-0.1, -0.05) is 0 Å². The smallest absolute Gasteiger partial charge is 0.223 e. The Labute approximate surface area is 112 Å². The minimum Gasteiger partial charge on any atom is -0.349 e. The molecule has 1 heterocycles. The van der Waals surface area contributed by atoms with Crippen molar-refractivity contribution in [2.75, 3.05) is 6.54 Å². The van der Waals surface area contributed by atoms with Crippen LogP contribution in [-0.4, -0.2) is 17.4 Å². The minimum absolute atomic E-state index is 0.175. The Morgan fingerprint density at radius 1 is 1.50 bits per heavy atom. The maximum absolute atomic E-state index is 12.0.